The number of carbonyl (C=O) groups is 1. The Bertz CT molecular complexity index is 7580. The molecule has 0 spiro atoms. The van der Waals surface area contributed by atoms with Gasteiger partial charge in [0.1, 0.15) is 5.75 Å². The van der Waals surface area contributed by atoms with Gasteiger partial charge in [-0.2, -0.15) is 0 Å². The standard InChI is InChI=1S/C32H24O2.C31H22O2.C18H15BrO2.C14H11BO2.C10H6Br2.C8H9BO4.ClH.Li/c1-33-29-18-17-24(20-30(29)34-2)25-15-7-11-21-12-8-16-28(31(21)25)32-26-13-5-3-9-22(26)19-23-10-4-6-14-27(23)32;1-33-29-19-23(16-17-28(29)32)24-14-6-10-20-11-7-15-27(30(20)24)31-25-12-4-2-8-21(25)18-22-9-3-5-13-26(22)31;1-20-16-10-9-13(11-17(16)21-2)14-7-3-5-12-6-4-8-15(19)18(12)14;16-15(17)14-12-7-3-1-5-10(12)9-11-6-2-4-8-13(11)14;11-8-5-1-3-7-4-2-6-9(12)10(7)8;1-13-8-3-2-7(9(11)12)4-6(8)5-10;;/h3-20H,1-2H3;2-19,32H,1H3;3-11H,1-2H3;1-9,16-17H;1-6H;2-5,11-12H,1H3;1H;/q;;;;;;;+1/p-1. The summed E-state index contributed by atoms with van der Waals surface area (Å²) >= 11 is 10.7. The minimum absolute atomic E-state index is 0. The summed E-state index contributed by atoms with van der Waals surface area (Å²) in [6.07, 6.45) is 0.602. The second-order valence-corrected chi connectivity index (χ2v) is 33.2. The molecule has 5 N–H and O–H groups in total. The third kappa shape index (κ3) is 20.1. The Morgan fingerprint density at radius 1 is 0.258 bits per heavy atom. The van der Waals surface area contributed by atoms with Gasteiger partial charge in [-0.05, 0) is 248 Å². The molecular formula is C113H87B2Br3ClLiO12. The SMILES string of the molecule is Brc1cccc2cccc(Br)c12.COc1cc(-c2cccc3cccc(-c4c5ccccc5cc5ccccc45)c23)ccc1O.COc1ccc(-c2cccc3cccc(-c4c5ccccc5cc5ccccc45)c23)cc1OC.COc1ccc(-c2cccc3cccc(Br)c23)cc1OC.COc1ccc(B(O)O)cc1C=O.OB(O)c1c2ccccc2cc2ccccc12.[Cl-].[Li+]. The van der Waals surface area contributed by atoms with Gasteiger partial charge in [-0.15, -0.1) is 0 Å². The second-order valence-electron chi connectivity index (χ2n) is 30.7. The number of fused-ring (bicyclic) bond motifs is 10. The van der Waals surface area contributed by atoms with E-state index in [4.69, 9.17) is 38.5 Å². The largest absolute Gasteiger partial charge is 1.00 e. The number of carbonyl (C=O) groups excluding carboxylic acids is 1. The number of halogens is 4. The first-order valence-electron chi connectivity index (χ1n) is 41.9. The third-order valence-electron chi connectivity index (χ3n) is 23.2. The van der Waals surface area contributed by atoms with Crippen LogP contribution in [0.3, 0.4) is 0 Å². The molecule has 0 radical (unpaired) electrons. The van der Waals surface area contributed by atoms with Crippen LogP contribution in [0.2, 0.25) is 0 Å². The van der Waals surface area contributed by atoms with Gasteiger partial charge in [0, 0.05) is 24.2 Å². The molecule has 132 heavy (non-hydrogen) atoms. The van der Waals surface area contributed by atoms with E-state index in [1.807, 2.05) is 109 Å². The molecule has 0 atom stereocenters. The van der Waals surface area contributed by atoms with Crippen molar-refractivity contribution < 1.29 is 89.7 Å². The molecule has 0 aliphatic carbocycles. The van der Waals surface area contributed by atoms with Gasteiger partial charge in [-0.1, -0.05) is 345 Å². The molecule has 19 heteroatoms. The van der Waals surface area contributed by atoms with Crippen molar-refractivity contribution in [3.8, 4) is 95.9 Å². The van der Waals surface area contributed by atoms with E-state index in [2.05, 4.69) is 297 Å². The fraction of sp³-hybridized carbons (Fsp3) is 0.0531. The molecule has 0 amide bonds. The Hall–Kier alpha value is -13.2. The zero-order valence-corrected chi connectivity index (χ0v) is 78.7. The van der Waals surface area contributed by atoms with Gasteiger partial charge in [0.25, 0.3) is 0 Å². The molecule has 0 aromatic heterocycles. The monoisotopic (exact) mass is 1940 g/mol. The quantitative estimate of drug-likeness (QED) is 0.0397. The van der Waals surface area contributed by atoms with Crippen molar-refractivity contribution in [3.05, 3.63) is 401 Å². The molecule has 0 heterocycles. The number of hydrogen-bond acceptors (Lipinski definition) is 12. The molecule has 21 aromatic rings. The van der Waals surface area contributed by atoms with E-state index in [-0.39, 0.29) is 42.5 Å². The summed E-state index contributed by atoms with van der Waals surface area (Å²) in [5, 5.41) is 70.4. The Morgan fingerprint density at radius 3 is 0.879 bits per heavy atom. The first-order valence-corrected chi connectivity index (χ1v) is 44.3. The van der Waals surface area contributed by atoms with E-state index in [1.165, 1.54) is 145 Å². The molecule has 0 fully saturated rings. The zero-order valence-electron chi connectivity index (χ0n) is 73.2. The van der Waals surface area contributed by atoms with Crippen molar-refractivity contribution in [2.45, 2.75) is 0 Å². The average molecular weight is 1940 g/mol. The molecule has 0 saturated heterocycles. The molecule has 12 nitrogen and oxygen atoms in total. The predicted octanol–water partition coefficient (Wildman–Crippen LogP) is 21.2. The van der Waals surface area contributed by atoms with E-state index < -0.39 is 14.2 Å². The average Bonchev–Trinajstić information content (AvgIpc) is 0.734. The maximum atomic E-state index is 10.5. The predicted molar refractivity (Wildman–Crippen MR) is 550 cm³/mol. The fourth-order valence-corrected chi connectivity index (χ4v) is 19.2. The summed E-state index contributed by atoms with van der Waals surface area (Å²) in [7, 11) is 6.65. The van der Waals surface area contributed by atoms with E-state index >= 15 is 0 Å². The van der Waals surface area contributed by atoms with Gasteiger partial charge >= 0.3 is 33.1 Å². The molecule has 0 unspecified atom stereocenters. The summed E-state index contributed by atoms with van der Waals surface area (Å²) < 4.78 is 35.4. The van der Waals surface area contributed by atoms with Gasteiger partial charge in [0.15, 0.2) is 40.8 Å². The van der Waals surface area contributed by atoms with E-state index in [0.717, 1.165) is 80.2 Å². The Labute approximate surface area is 809 Å². The molecule has 21 aromatic carbocycles. The molecule has 0 saturated carbocycles. The summed E-state index contributed by atoms with van der Waals surface area (Å²) in [5.74, 6) is 3.95. The van der Waals surface area contributed by atoms with Crippen LogP contribution in [0.5, 0.6) is 40.2 Å². The van der Waals surface area contributed by atoms with Crippen molar-refractivity contribution in [1.29, 1.82) is 0 Å². The van der Waals surface area contributed by atoms with Crippen molar-refractivity contribution in [1.82, 2.24) is 0 Å². The van der Waals surface area contributed by atoms with E-state index in [9.17, 15) is 19.9 Å². The Morgan fingerprint density at radius 2 is 0.538 bits per heavy atom. The molecular weight excluding hydrogens is 1850 g/mol. The van der Waals surface area contributed by atoms with Crippen LogP contribution in [0.4, 0.5) is 0 Å². The summed E-state index contributed by atoms with van der Waals surface area (Å²) in [6.45, 7) is 0. The van der Waals surface area contributed by atoms with Crippen molar-refractivity contribution in [3.63, 3.8) is 0 Å². The van der Waals surface area contributed by atoms with Crippen molar-refractivity contribution in [2.75, 3.05) is 42.7 Å². The van der Waals surface area contributed by atoms with Gasteiger partial charge in [0.2, 0.25) is 0 Å². The van der Waals surface area contributed by atoms with Crippen molar-refractivity contribution >= 4 is 187 Å². The number of methoxy groups -OCH3 is 6. The topological polar surface area (TPSA) is 174 Å². The van der Waals surface area contributed by atoms with Crippen LogP contribution in [0.1, 0.15) is 10.4 Å². The molecule has 0 aliphatic heterocycles. The van der Waals surface area contributed by atoms with Crippen LogP contribution >= 0.6 is 47.8 Å². The Balaban J connectivity index is 0.000000133. The zero-order chi connectivity index (χ0) is 90.5. The van der Waals surface area contributed by atoms with Gasteiger partial charge in [-0.3, -0.25) is 4.79 Å². The minimum atomic E-state index is -1.57. The first-order chi connectivity index (χ1) is 63.5. The van der Waals surface area contributed by atoms with E-state index in [1.54, 1.807) is 41.6 Å². The molecule has 21 rings (SSSR count). The molecule has 646 valence electrons. The van der Waals surface area contributed by atoms with Crippen LogP contribution in [0, 0.1) is 0 Å². The van der Waals surface area contributed by atoms with Gasteiger partial charge < -0.3 is 66.0 Å². The number of benzene rings is 21. The first kappa shape index (κ1) is 94.9. The number of hydrogen-bond donors (Lipinski definition) is 5. The third-order valence-corrected chi connectivity index (χ3v) is 25.2. The number of phenolic OH excluding ortho intramolecular Hbond substituents is 1. The number of phenols is 1. The number of aldehydes is 1. The van der Waals surface area contributed by atoms with Crippen molar-refractivity contribution in [2.24, 2.45) is 0 Å². The minimum Gasteiger partial charge on any atom is -1.00 e. The van der Waals surface area contributed by atoms with Gasteiger partial charge in [-0.25, -0.2) is 0 Å². The summed E-state index contributed by atoms with van der Waals surface area (Å²) in [5.41, 5.74) is 12.7. The Kier molecular flexibility index (Phi) is 31.4. The van der Waals surface area contributed by atoms with Crippen LogP contribution in [-0.4, -0.2) is 88.4 Å². The maximum absolute atomic E-state index is 10.5. The molecule has 0 bridgehead atoms. The van der Waals surface area contributed by atoms with Crippen LogP contribution in [-0.2, 0) is 0 Å². The van der Waals surface area contributed by atoms with Crippen LogP contribution in [0.25, 0.3) is 163 Å². The maximum Gasteiger partial charge on any atom is 1.00 e. The molecule has 0 aliphatic rings. The second kappa shape index (κ2) is 43.7. The van der Waals surface area contributed by atoms with Gasteiger partial charge in [0.05, 0.1) is 48.2 Å². The van der Waals surface area contributed by atoms with Crippen LogP contribution in [0.15, 0.2) is 396 Å². The number of rotatable bonds is 14. The van der Waals surface area contributed by atoms with Crippen LogP contribution < -0.4 is 70.6 Å². The normalized spacial score (nSPS) is 10.7. The number of ether oxygens (including phenoxy) is 6. The summed E-state index contributed by atoms with van der Waals surface area (Å²) in [4.78, 5) is 10.5. The fourth-order valence-electron chi connectivity index (χ4n) is 17.2. The summed E-state index contributed by atoms with van der Waals surface area (Å²) in [6, 6.07) is 130. The number of aromatic hydroxyl groups is 1. The van der Waals surface area contributed by atoms with E-state index in [0.29, 0.717) is 28.8 Å². The smallest absolute Gasteiger partial charge is 1.00 e.